The lowest BCUT2D eigenvalue weighted by molar-refractivity contribution is -0.124. The van der Waals surface area contributed by atoms with Gasteiger partial charge in [-0.3, -0.25) is 9.69 Å². The van der Waals surface area contributed by atoms with Gasteiger partial charge in [0, 0.05) is 6.04 Å². The Balaban J connectivity index is 1.54. The molecule has 2 aromatic carbocycles. The zero-order valence-corrected chi connectivity index (χ0v) is 20.8. The van der Waals surface area contributed by atoms with Gasteiger partial charge in [-0.25, -0.2) is 4.39 Å². The van der Waals surface area contributed by atoms with Crippen LogP contribution in [0.5, 0.6) is 11.5 Å². The molecule has 0 atom stereocenters. The number of ether oxygens (including phenoxy) is 2. The van der Waals surface area contributed by atoms with Crippen molar-refractivity contribution in [2.75, 3.05) is 7.11 Å². The number of rotatable bonds is 6. The number of hydrogen-bond acceptors (Lipinski definition) is 5. The van der Waals surface area contributed by atoms with Crippen molar-refractivity contribution >= 4 is 56.2 Å². The van der Waals surface area contributed by atoms with Crippen LogP contribution in [0.15, 0.2) is 45.8 Å². The lowest BCUT2D eigenvalue weighted by Crippen LogP contribution is -2.39. The third kappa shape index (κ3) is 5.18. The highest BCUT2D eigenvalue weighted by Crippen LogP contribution is 2.41. The molecule has 1 saturated carbocycles. The van der Waals surface area contributed by atoms with Crippen molar-refractivity contribution in [1.29, 1.82) is 0 Å². The Bertz CT molecular complexity index is 1070. The third-order valence-corrected chi connectivity index (χ3v) is 7.50. The van der Waals surface area contributed by atoms with E-state index in [1.165, 1.54) is 30.3 Å². The number of methoxy groups -OCH3 is 1. The largest absolute Gasteiger partial charge is 0.493 e. The molecule has 0 N–H and O–H groups in total. The molecule has 1 aliphatic heterocycles. The van der Waals surface area contributed by atoms with Gasteiger partial charge in [0.25, 0.3) is 5.91 Å². The second-order valence-electron chi connectivity index (χ2n) is 7.80. The van der Waals surface area contributed by atoms with E-state index in [0.717, 1.165) is 36.8 Å². The van der Waals surface area contributed by atoms with E-state index in [4.69, 9.17) is 21.7 Å². The summed E-state index contributed by atoms with van der Waals surface area (Å²) in [6, 6.07) is 10.2. The summed E-state index contributed by atoms with van der Waals surface area (Å²) in [7, 11) is 1.56. The van der Waals surface area contributed by atoms with E-state index in [1.54, 1.807) is 24.1 Å². The fourth-order valence-corrected chi connectivity index (χ4v) is 6.01. The van der Waals surface area contributed by atoms with Gasteiger partial charge in [-0.1, -0.05) is 55.4 Å². The van der Waals surface area contributed by atoms with Crippen LogP contribution in [0.1, 0.15) is 43.2 Å². The van der Waals surface area contributed by atoms with E-state index in [-0.39, 0.29) is 24.4 Å². The fraction of sp³-hybridized carbons (Fsp3) is 0.333. The van der Waals surface area contributed by atoms with Gasteiger partial charge >= 0.3 is 0 Å². The van der Waals surface area contributed by atoms with Crippen molar-refractivity contribution in [3.8, 4) is 11.5 Å². The third-order valence-electron chi connectivity index (χ3n) is 5.59. The zero-order valence-electron chi connectivity index (χ0n) is 17.6. The van der Waals surface area contributed by atoms with Crippen LogP contribution in [-0.4, -0.2) is 28.3 Å². The van der Waals surface area contributed by atoms with Crippen LogP contribution in [0.4, 0.5) is 4.39 Å². The maximum atomic E-state index is 13.4. The molecule has 0 bridgehead atoms. The lowest BCUT2D eigenvalue weighted by Gasteiger charge is -2.29. The number of nitrogens with zero attached hydrogens (tertiary/aromatic N) is 1. The molecule has 0 spiro atoms. The molecule has 2 aromatic rings. The van der Waals surface area contributed by atoms with E-state index in [9.17, 15) is 9.18 Å². The van der Waals surface area contributed by atoms with Gasteiger partial charge in [-0.05, 0) is 70.2 Å². The first-order valence-corrected chi connectivity index (χ1v) is 12.5. The first-order chi connectivity index (χ1) is 15.5. The molecule has 1 amide bonds. The van der Waals surface area contributed by atoms with Crippen molar-refractivity contribution in [3.05, 3.63) is 62.7 Å². The quantitative estimate of drug-likeness (QED) is 0.303. The van der Waals surface area contributed by atoms with Crippen molar-refractivity contribution in [2.24, 2.45) is 0 Å². The number of halogens is 2. The topological polar surface area (TPSA) is 38.8 Å². The molecule has 4 rings (SSSR count). The van der Waals surface area contributed by atoms with Crippen LogP contribution < -0.4 is 9.47 Å². The summed E-state index contributed by atoms with van der Waals surface area (Å²) in [5.74, 6) is 0.708. The Morgan fingerprint density at radius 3 is 2.75 bits per heavy atom. The number of benzene rings is 2. The monoisotopic (exact) mass is 535 g/mol. The Kier molecular flexibility index (Phi) is 7.53. The molecule has 0 unspecified atom stereocenters. The maximum Gasteiger partial charge on any atom is 0.266 e. The Hall–Kier alpha value is -1.90. The van der Waals surface area contributed by atoms with Crippen LogP contribution in [0.25, 0.3) is 6.08 Å². The first kappa shape index (κ1) is 23.3. The fourth-order valence-electron chi connectivity index (χ4n) is 4.03. The number of hydrogen-bond donors (Lipinski definition) is 0. The minimum Gasteiger partial charge on any atom is -0.493 e. The molecule has 0 aromatic heterocycles. The van der Waals surface area contributed by atoms with E-state index < -0.39 is 0 Å². The Morgan fingerprint density at radius 2 is 2.03 bits per heavy atom. The molecule has 2 aliphatic rings. The van der Waals surface area contributed by atoms with E-state index >= 15 is 0 Å². The van der Waals surface area contributed by atoms with Gasteiger partial charge in [0.1, 0.15) is 16.7 Å². The summed E-state index contributed by atoms with van der Waals surface area (Å²) < 4.78 is 26.2. The standard InChI is InChI=1S/C24H23BrFNO3S2/c1-29-20-12-16(11-19(25)22(20)30-14-15-6-5-7-17(26)10-15)13-21-23(28)27(24(31)32-21)18-8-3-2-4-9-18/h5-7,10-13,18H,2-4,8-9,14H2,1H3/b21-13-. The van der Waals surface area contributed by atoms with Crippen LogP contribution >= 0.6 is 39.9 Å². The summed E-state index contributed by atoms with van der Waals surface area (Å²) in [4.78, 5) is 15.5. The summed E-state index contributed by atoms with van der Waals surface area (Å²) in [6.45, 7) is 0.201. The predicted molar refractivity (Wildman–Crippen MR) is 133 cm³/mol. The Morgan fingerprint density at radius 1 is 1.25 bits per heavy atom. The highest BCUT2D eigenvalue weighted by atomic mass is 79.9. The van der Waals surface area contributed by atoms with Crippen molar-refractivity contribution in [1.82, 2.24) is 4.90 Å². The Labute approximate surface area is 205 Å². The van der Waals surface area contributed by atoms with Gasteiger partial charge in [0.2, 0.25) is 0 Å². The number of thiocarbonyl (C=S) groups is 1. The highest BCUT2D eigenvalue weighted by Gasteiger charge is 2.37. The minimum atomic E-state index is -0.307. The van der Waals surface area contributed by atoms with E-state index in [2.05, 4.69) is 15.9 Å². The smallest absolute Gasteiger partial charge is 0.266 e. The molecule has 32 heavy (non-hydrogen) atoms. The molecule has 1 heterocycles. The minimum absolute atomic E-state index is 0.0200. The van der Waals surface area contributed by atoms with Crippen LogP contribution in [0.2, 0.25) is 0 Å². The molecule has 1 saturated heterocycles. The molecule has 8 heteroatoms. The van der Waals surface area contributed by atoms with Gasteiger partial charge in [0.15, 0.2) is 11.5 Å². The average Bonchev–Trinajstić information content (AvgIpc) is 3.06. The van der Waals surface area contributed by atoms with Crippen LogP contribution in [0, 0.1) is 5.82 Å². The summed E-state index contributed by atoms with van der Waals surface area (Å²) in [5, 5.41) is 0. The summed E-state index contributed by atoms with van der Waals surface area (Å²) >= 11 is 10.4. The summed E-state index contributed by atoms with van der Waals surface area (Å²) in [5.41, 5.74) is 1.52. The first-order valence-electron chi connectivity index (χ1n) is 10.5. The lowest BCUT2D eigenvalue weighted by atomic mass is 9.94. The predicted octanol–water partition coefficient (Wildman–Crippen LogP) is 6.71. The van der Waals surface area contributed by atoms with Crippen LogP contribution in [0.3, 0.4) is 0 Å². The highest BCUT2D eigenvalue weighted by molar-refractivity contribution is 9.10. The molecule has 0 radical (unpaired) electrons. The molecule has 168 valence electrons. The molecule has 2 fully saturated rings. The second-order valence-corrected chi connectivity index (χ2v) is 10.3. The average molecular weight is 536 g/mol. The summed E-state index contributed by atoms with van der Waals surface area (Å²) in [6.07, 6.45) is 7.37. The number of amides is 1. The van der Waals surface area contributed by atoms with Crippen molar-refractivity contribution < 1.29 is 18.7 Å². The SMILES string of the molecule is COc1cc(/C=C2\SC(=S)N(C3CCCCC3)C2=O)cc(Br)c1OCc1cccc(F)c1. The van der Waals surface area contributed by atoms with Gasteiger partial charge in [-0.15, -0.1) is 0 Å². The normalized spacial score (nSPS) is 18.5. The van der Waals surface area contributed by atoms with Gasteiger partial charge < -0.3 is 9.47 Å². The number of carbonyl (C=O) groups is 1. The molecule has 1 aliphatic carbocycles. The molecule has 4 nitrogen and oxygen atoms in total. The van der Waals surface area contributed by atoms with Gasteiger partial charge in [-0.2, -0.15) is 0 Å². The van der Waals surface area contributed by atoms with E-state index in [0.29, 0.717) is 25.2 Å². The number of thioether (sulfide) groups is 1. The number of carbonyl (C=O) groups excluding carboxylic acids is 1. The molecular weight excluding hydrogens is 513 g/mol. The second kappa shape index (κ2) is 10.4. The molecular formula is C24H23BrFNO3S2. The van der Waals surface area contributed by atoms with Crippen molar-refractivity contribution in [3.63, 3.8) is 0 Å². The maximum absolute atomic E-state index is 13.4. The van der Waals surface area contributed by atoms with Gasteiger partial charge in [0.05, 0.1) is 16.5 Å². The zero-order chi connectivity index (χ0) is 22.7. The van der Waals surface area contributed by atoms with E-state index in [1.807, 2.05) is 18.2 Å². The van der Waals surface area contributed by atoms with Crippen LogP contribution in [-0.2, 0) is 11.4 Å². The van der Waals surface area contributed by atoms with Crippen molar-refractivity contribution in [2.45, 2.75) is 44.8 Å².